The van der Waals surface area contributed by atoms with E-state index < -0.39 is 16.8 Å². The van der Waals surface area contributed by atoms with E-state index in [-0.39, 0.29) is 35.6 Å². The smallest absolute Gasteiger partial charge is 0.270 e. The number of rotatable bonds is 7. The highest BCUT2D eigenvalue weighted by molar-refractivity contribution is 7.12. The lowest BCUT2D eigenvalue weighted by molar-refractivity contribution is 0.0935. The number of aryl methyl sites for hydroxylation is 1. The second kappa shape index (κ2) is 10.2. The molecule has 1 aliphatic heterocycles. The topological polar surface area (TPSA) is 147 Å². The van der Waals surface area contributed by atoms with Crippen molar-refractivity contribution in [3.8, 4) is 0 Å². The number of thiophene rings is 1. The number of nitrogens with one attached hydrogen (secondary N) is 2. The number of carbonyl (C=O) groups is 2. The minimum Gasteiger partial charge on any atom is -0.394 e. The molecule has 5 rings (SSSR count). The monoisotopic (exact) mass is 530 g/mol. The Kier molecular flexibility index (Phi) is 6.77. The maximum atomic E-state index is 12.8. The zero-order valence-corrected chi connectivity index (χ0v) is 21.7. The maximum absolute atomic E-state index is 12.8. The van der Waals surface area contributed by atoms with E-state index in [9.17, 15) is 19.2 Å². The number of carbonyl (C=O) groups excluding carboxylic acids is 2. The summed E-state index contributed by atoms with van der Waals surface area (Å²) in [4.78, 5) is 61.0. The molecule has 194 valence electrons. The van der Waals surface area contributed by atoms with Gasteiger partial charge in [0.25, 0.3) is 22.7 Å². The lowest BCUT2D eigenvalue weighted by atomic mass is 9.96. The zero-order chi connectivity index (χ0) is 27.0. The van der Waals surface area contributed by atoms with Crippen LogP contribution in [-0.4, -0.2) is 28.3 Å². The number of hydrogen-bond donors (Lipinski definition) is 3. The molecule has 4 aromatic rings. The van der Waals surface area contributed by atoms with Crippen molar-refractivity contribution in [1.82, 2.24) is 20.6 Å². The Bertz CT molecular complexity index is 1620. The van der Waals surface area contributed by atoms with Gasteiger partial charge in [0.1, 0.15) is 29.1 Å². The minimum atomic E-state index is -0.625. The highest BCUT2D eigenvalue weighted by Gasteiger charge is 2.27. The molecule has 2 amide bonds. The van der Waals surface area contributed by atoms with E-state index in [1.807, 2.05) is 49.1 Å². The summed E-state index contributed by atoms with van der Waals surface area (Å²) in [6.45, 7) is 5.21. The zero-order valence-electron chi connectivity index (χ0n) is 20.9. The summed E-state index contributed by atoms with van der Waals surface area (Å²) in [6.07, 6.45) is 1.92. The van der Waals surface area contributed by atoms with Crippen LogP contribution in [0.25, 0.3) is 0 Å². The van der Waals surface area contributed by atoms with Crippen molar-refractivity contribution in [2.75, 3.05) is 17.2 Å². The van der Waals surface area contributed by atoms with Gasteiger partial charge in [-0.3, -0.25) is 19.2 Å². The molecular formula is C27H26N6O4S. The van der Waals surface area contributed by atoms with Crippen molar-refractivity contribution >= 4 is 34.5 Å². The van der Waals surface area contributed by atoms with Gasteiger partial charge in [-0.15, -0.1) is 11.3 Å². The molecule has 4 N–H and O–H groups in total. The van der Waals surface area contributed by atoms with E-state index >= 15 is 0 Å². The third kappa shape index (κ3) is 4.92. The van der Waals surface area contributed by atoms with Crippen LogP contribution in [0.15, 0.2) is 52.3 Å². The normalized spacial score (nSPS) is 13.7. The van der Waals surface area contributed by atoms with E-state index in [2.05, 4.69) is 20.6 Å². The molecule has 0 saturated carbocycles. The first kappa shape index (κ1) is 25.3. The Morgan fingerprint density at radius 2 is 1.82 bits per heavy atom. The predicted molar refractivity (Wildman–Crippen MR) is 145 cm³/mol. The molecule has 0 spiro atoms. The maximum Gasteiger partial charge on any atom is 0.270 e. The van der Waals surface area contributed by atoms with Crippen LogP contribution in [0, 0.1) is 6.92 Å². The van der Waals surface area contributed by atoms with Crippen LogP contribution < -0.4 is 32.1 Å². The number of benzene rings is 1. The van der Waals surface area contributed by atoms with Crippen LogP contribution in [0.4, 0.5) is 11.4 Å². The van der Waals surface area contributed by atoms with Gasteiger partial charge in [-0.05, 0) is 49.1 Å². The lowest BCUT2D eigenvalue weighted by Gasteiger charge is -2.32. The number of aromatic nitrogens is 2. The molecule has 0 fully saturated rings. The Morgan fingerprint density at radius 1 is 1.05 bits per heavy atom. The Balaban J connectivity index is 1.22. The summed E-state index contributed by atoms with van der Waals surface area (Å²) >= 11 is 1.61. The van der Waals surface area contributed by atoms with Gasteiger partial charge < -0.3 is 21.3 Å². The van der Waals surface area contributed by atoms with Crippen molar-refractivity contribution in [2.45, 2.75) is 39.4 Å². The van der Waals surface area contributed by atoms with Gasteiger partial charge in [0, 0.05) is 35.5 Å². The van der Waals surface area contributed by atoms with Crippen LogP contribution in [0.3, 0.4) is 0 Å². The SMILES string of the molecule is Cc1ccc([C@H](C)NC(=O)c2cc(C(=O)NCc3ccc4c(c3)CN(c3c(N)c(=O)c3=O)CC4)ncn2)s1. The van der Waals surface area contributed by atoms with Gasteiger partial charge in [0.15, 0.2) is 0 Å². The summed E-state index contributed by atoms with van der Waals surface area (Å²) in [5, 5.41) is 5.73. The van der Waals surface area contributed by atoms with E-state index in [1.165, 1.54) is 12.4 Å². The summed E-state index contributed by atoms with van der Waals surface area (Å²) in [7, 11) is 0. The van der Waals surface area contributed by atoms with Gasteiger partial charge in [0.2, 0.25) is 0 Å². The first-order valence-electron chi connectivity index (χ1n) is 12.1. The summed E-state index contributed by atoms with van der Waals surface area (Å²) in [5.74, 6) is -0.819. The molecule has 38 heavy (non-hydrogen) atoms. The van der Waals surface area contributed by atoms with Gasteiger partial charge in [-0.2, -0.15) is 0 Å². The van der Waals surface area contributed by atoms with Crippen LogP contribution >= 0.6 is 11.3 Å². The van der Waals surface area contributed by atoms with Gasteiger partial charge in [-0.1, -0.05) is 18.2 Å². The predicted octanol–water partition coefficient (Wildman–Crippen LogP) is 2.01. The molecule has 0 bridgehead atoms. The van der Waals surface area contributed by atoms with Gasteiger partial charge in [0.05, 0.1) is 6.04 Å². The molecule has 11 heteroatoms. The number of nitrogens with two attached hydrogens (primary N) is 1. The summed E-state index contributed by atoms with van der Waals surface area (Å²) < 4.78 is 0. The summed E-state index contributed by atoms with van der Waals surface area (Å²) in [6, 6.07) is 11.1. The van der Waals surface area contributed by atoms with Crippen LogP contribution in [0.2, 0.25) is 0 Å². The fourth-order valence-electron chi connectivity index (χ4n) is 4.53. The van der Waals surface area contributed by atoms with Crippen molar-refractivity contribution in [1.29, 1.82) is 0 Å². The average molecular weight is 531 g/mol. The number of nitrogens with zero attached hydrogens (tertiary/aromatic N) is 3. The molecule has 0 radical (unpaired) electrons. The average Bonchev–Trinajstić information content (AvgIpc) is 3.37. The van der Waals surface area contributed by atoms with Crippen molar-refractivity contribution in [3.63, 3.8) is 0 Å². The second-order valence-corrected chi connectivity index (χ2v) is 10.6. The second-order valence-electron chi connectivity index (χ2n) is 9.31. The Labute approximate surface area is 222 Å². The molecule has 3 heterocycles. The van der Waals surface area contributed by atoms with Crippen molar-refractivity contribution < 1.29 is 9.59 Å². The minimum absolute atomic E-state index is 0.0239. The van der Waals surface area contributed by atoms with E-state index in [0.717, 1.165) is 32.9 Å². The molecule has 0 unspecified atom stereocenters. The van der Waals surface area contributed by atoms with Crippen molar-refractivity contribution in [2.24, 2.45) is 0 Å². The number of hydrogen-bond acceptors (Lipinski definition) is 9. The van der Waals surface area contributed by atoms with Gasteiger partial charge in [-0.25, -0.2) is 9.97 Å². The van der Waals surface area contributed by atoms with E-state index in [0.29, 0.717) is 18.8 Å². The fourth-order valence-corrected chi connectivity index (χ4v) is 5.41. The molecule has 2 aromatic heterocycles. The largest absolute Gasteiger partial charge is 0.394 e. The third-order valence-electron chi connectivity index (χ3n) is 6.64. The number of fused-ring (bicyclic) bond motifs is 1. The highest BCUT2D eigenvalue weighted by Crippen LogP contribution is 2.26. The number of nitrogen functional groups attached to an aromatic ring is 1. The molecular weight excluding hydrogens is 504 g/mol. The first-order chi connectivity index (χ1) is 18.2. The number of amides is 2. The van der Waals surface area contributed by atoms with Gasteiger partial charge >= 0.3 is 0 Å². The summed E-state index contributed by atoms with van der Waals surface area (Å²) in [5.41, 5.74) is 8.11. The van der Waals surface area contributed by atoms with Crippen LogP contribution in [0.1, 0.15) is 60.4 Å². The fraction of sp³-hybridized carbons (Fsp3) is 0.259. The van der Waals surface area contributed by atoms with E-state index in [1.54, 1.807) is 11.3 Å². The highest BCUT2D eigenvalue weighted by atomic mass is 32.1. The molecule has 1 aliphatic rings. The molecule has 0 saturated heterocycles. The lowest BCUT2D eigenvalue weighted by Crippen LogP contribution is -2.44. The van der Waals surface area contributed by atoms with Crippen LogP contribution in [-0.2, 0) is 19.5 Å². The van der Waals surface area contributed by atoms with E-state index in [4.69, 9.17) is 5.73 Å². The standard InChI is InChI=1S/C27H26N6O4S/c1-14-3-6-21(38-14)15(2)32-27(37)20-10-19(30-13-31-20)26(36)29-11-16-4-5-17-7-8-33(12-18(17)9-16)23-22(28)24(34)25(23)35/h3-6,9-10,13,15H,7-8,11-12,28H2,1-2H3,(H,29,36)(H,32,37)/t15-/m0/s1. The number of anilines is 2. The Morgan fingerprint density at radius 3 is 2.53 bits per heavy atom. The van der Waals surface area contributed by atoms with Crippen LogP contribution in [0.5, 0.6) is 0 Å². The first-order valence-corrected chi connectivity index (χ1v) is 12.9. The molecule has 1 atom stereocenters. The molecule has 10 nitrogen and oxygen atoms in total. The quantitative estimate of drug-likeness (QED) is 0.308. The Hall–Kier alpha value is -4.38. The van der Waals surface area contributed by atoms with Crippen molar-refractivity contribution in [3.05, 3.63) is 101 Å². The third-order valence-corrected chi connectivity index (χ3v) is 7.82. The molecule has 2 aromatic carbocycles. The molecule has 0 aliphatic carbocycles.